The maximum absolute atomic E-state index is 9.08. The van der Waals surface area contributed by atoms with E-state index in [9.17, 15) is 0 Å². The van der Waals surface area contributed by atoms with Gasteiger partial charge in [0.1, 0.15) is 0 Å². The number of rotatable bonds is 3. The van der Waals surface area contributed by atoms with Crippen LogP contribution in [0.5, 0.6) is 0 Å². The van der Waals surface area contributed by atoms with Crippen LogP contribution in [0.15, 0.2) is 18.7 Å². The molecule has 2 aromatic heterocycles. The van der Waals surface area contributed by atoms with Crippen molar-refractivity contribution in [1.82, 2.24) is 19.3 Å². The topological polar surface area (TPSA) is 55.9 Å². The van der Waals surface area contributed by atoms with Gasteiger partial charge >= 0.3 is 0 Å². The summed E-state index contributed by atoms with van der Waals surface area (Å²) in [7, 11) is 1.92. The third-order valence-corrected chi connectivity index (χ3v) is 2.64. The Balaban J connectivity index is 2.25. The molecule has 0 saturated carbocycles. The van der Waals surface area contributed by atoms with Gasteiger partial charge in [0, 0.05) is 18.3 Å². The highest BCUT2D eigenvalue weighted by Gasteiger charge is 2.06. The largest absolute Gasteiger partial charge is 0.390 e. The fourth-order valence-corrected chi connectivity index (χ4v) is 1.51. The average molecular weight is 206 g/mol. The third-order valence-electron chi connectivity index (χ3n) is 2.64. The molecule has 0 amide bonds. The highest BCUT2D eigenvalue weighted by molar-refractivity contribution is 5.17. The summed E-state index contributed by atoms with van der Waals surface area (Å²) in [6.45, 7) is 2.74. The van der Waals surface area contributed by atoms with Crippen LogP contribution in [0, 0.1) is 6.92 Å². The zero-order valence-electron chi connectivity index (χ0n) is 8.88. The second-order valence-electron chi connectivity index (χ2n) is 3.55. The Morgan fingerprint density at radius 3 is 2.80 bits per heavy atom. The molecule has 5 nitrogen and oxygen atoms in total. The predicted molar refractivity (Wildman–Crippen MR) is 55.2 cm³/mol. The van der Waals surface area contributed by atoms with Gasteiger partial charge in [0.15, 0.2) is 0 Å². The molecule has 2 rings (SSSR count). The summed E-state index contributed by atoms with van der Waals surface area (Å²) in [6.07, 6.45) is 5.24. The van der Waals surface area contributed by atoms with E-state index in [1.54, 1.807) is 12.5 Å². The Morgan fingerprint density at radius 1 is 1.40 bits per heavy atom. The van der Waals surface area contributed by atoms with Crippen LogP contribution in [0.3, 0.4) is 0 Å². The summed E-state index contributed by atoms with van der Waals surface area (Å²) >= 11 is 0. The first kappa shape index (κ1) is 9.92. The second-order valence-corrected chi connectivity index (χ2v) is 3.55. The lowest BCUT2D eigenvalue weighted by atomic mass is 10.2. The van der Waals surface area contributed by atoms with E-state index in [4.69, 9.17) is 5.11 Å². The van der Waals surface area contributed by atoms with Crippen LogP contribution in [0.2, 0.25) is 0 Å². The summed E-state index contributed by atoms with van der Waals surface area (Å²) in [5.74, 6) is 0. The number of aromatic nitrogens is 4. The van der Waals surface area contributed by atoms with E-state index < -0.39 is 0 Å². The molecule has 2 heterocycles. The van der Waals surface area contributed by atoms with Crippen molar-refractivity contribution in [2.75, 3.05) is 0 Å². The fraction of sp³-hybridized carbons (Fsp3) is 0.400. The van der Waals surface area contributed by atoms with Crippen LogP contribution >= 0.6 is 0 Å². The second kappa shape index (κ2) is 3.86. The maximum Gasteiger partial charge on any atom is 0.0952 e. The van der Waals surface area contributed by atoms with Gasteiger partial charge < -0.3 is 9.67 Å². The minimum Gasteiger partial charge on any atom is -0.390 e. The SMILES string of the molecule is Cc1c(Cn2cncc2CO)cnn1C. The molecular formula is C10H14N4O. The number of aliphatic hydroxyl groups excluding tert-OH is 1. The summed E-state index contributed by atoms with van der Waals surface area (Å²) in [6, 6.07) is 0. The van der Waals surface area contributed by atoms with E-state index in [1.165, 1.54) is 0 Å². The smallest absolute Gasteiger partial charge is 0.0952 e. The lowest BCUT2D eigenvalue weighted by Crippen LogP contribution is -2.04. The summed E-state index contributed by atoms with van der Waals surface area (Å²) in [5.41, 5.74) is 3.09. The van der Waals surface area contributed by atoms with Crippen LogP contribution in [0.4, 0.5) is 0 Å². The molecule has 80 valence electrons. The molecule has 0 aliphatic carbocycles. The van der Waals surface area contributed by atoms with Crippen LogP contribution in [-0.2, 0) is 20.2 Å². The normalized spacial score (nSPS) is 10.9. The minimum atomic E-state index is 0.0132. The number of nitrogens with zero attached hydrogens (tertiary/aromatic N) is 4. The molecule has 1 N–H and O–H groups in total. The number of aryl methyl sites for hydroxylation is 1. The van der Waals surface area contributed by atoms with Crippen LogP contribution in [0.25, 0.3) is 0 Å². The molecule has 0 unspecified atom stereocenters. The van der Waals surface area contributed by atoms with Crippen LogP contribution in [-0.4, -0.2) is 24.4 Å². The van der Waals surface area contributed by atoms with Gasteiger partial charge in [-0.1, -0.05) is 0 Å². The quantitative estimate of drug-likeness (QED) is 0.794. The van der Waals surface area contributed by atoms with E-state index in [2.05, 4.69) is 10.1 Å². The Morgan fingerprint density at radius 2 is 2.20 bits per heavy atom. The Bertz CT molecular complexity index is 458. The van der Waals surface area contributed by atoms with Crippen molar-refractivity contribution in [3.05, 3.63) is 35.7 Å². The maximum atomic E-state index is 9.08. The minimum absolute atomic E-state index is 0.0132. The van der Waals surface area contributed by atoms with E-state index >= 15 is 0 Å². The van der Waals surface area contributed by atoms with Crippen molar-refractivity contribution in [2.45, 2.75) is 20.1 Å². The lowest BCUT2D eigenvalue weighted by Gasteiger charge is -2.05. The standard InChI is InChI=1S/C10H14N4O/c1-8-9(3-12-13(8)2)5-14-7-11-4-10(14)6-15/h3-4,7,15H,5-6H2,1-2H3. The Kier molecular flexibility index (Phi) is 2.55. The molecule has 0 atom stereocenters. The first-order valence-corrected chi connectivity index (χ1v) is 4.79. The van der Waals surface area contributed by atoms with Crippen molar-refractivity contribution in [2.24, 2.45) is 7.05 Å². The van der Waals surface area contributed by atoms with E-state index in [0.717, 1.165) is 17.0 Å². The summed E-state index contributed by atoms with van der Waals surface area (Å²) in [5, 5.41) is 13.3. The molecule has 0 bridgehead atoms. The fourth-order valence-electron chi connectivity index (χ4n) is 1.51. The predicted octanol–water partition coefficient (Wildman–Crippen LogP) is 0.466. The zero-order valence-corrected chi connectivity index (χ0v) is 8.88. The monoisotopic (exact) mass is 206 g/mol. The number of imidazole rings is 1. The highest BCUT2D eigenvalue weighted by atomic mass is 16.3. The van der Waals surface area contributed by atoms with E-state index in [1.807, 2.05) is 29.4 Å². The zero-order chi connectivity index (χ0) is 10.8. The van der Waals surface area contributed by atoms with Crippen molar-refractivity contribution in [3.8, 4) is 0 Å². The number of hydrogen-bond acceptors (Lipinski definition) is 3. The molecule has 0 aliphatic heterocycles. The molecule has 0 spiro atoms. The van der Waals surface area contributed by atoms with Gasteiger partial charge in [0.25, 0.3) is 0 Å². The van der Waals surface area contributed by atoms with Gasteiger partial charge in [-0.25, -0.2) is 4.98 Å². The van der Waals surface area contributed by atoms with Gasteiger partial charge in [-0.05, 0) is 6.92 Å². The first-order valence-electron chi connectivity index (χ1n) is 4.79. The molecule has 5 heteroatoms. The van der Waals surface area contributed by atoms with Crippen molar-refractivity contribution < 1.29 is 5.11 Å². The molecule has 0 aliphatic rings. The third kappa shape index (κ3) is 1.78. The molecule has 2 aromatic rings. The van der Waals surface area contributed by atoms with Crippen molar-refractivity contribution in [1.29, 1.82) is 0 Å². The average Bonchev–Trinajstić information content (AvgIpc) is 2.80. The lowest BCUT2D eigenvalue weighted by molar-refractivity contribution is 0.271. The molecule has 0 saturated heterocycles. The number of hydrogen-bond donors (Lipinski definition) is 1. The van der Waals surface area contributed by atoms with Crippen LogP contribution < -0.4 is 0 Å². The Hall–Kier alpha value is -1.62. The van der Waals surface area contributed by atoms with Crippen LogP contribution in [0.1, 0.15) is 17.0 Å². The summed E-state index contributed by atoms with van der Waals surface area (Å²) < 4.78 is 3.76. The highest BCUT2D eigenvalue weighted by Crippen LogP contribution is 2.09. The molecule has 0 fully saturated rings. The van der Waals surface area contributed by atoms with E-state index in [0.29, 0.717) is 6.54 Å². The first-order chi connectivity index (χ1) is 7.22. The summed E-state index contributed by atoms with van der Waals surface area (Å²) in [4.78, 5) is 4.00. The van der Waals surface area contributed by atoms with E-state index in [-0.39, 0.29) is 6.61 Å². The van der Waals surface area contributed by atoms with Gasteiger partial charge in [-0.3, -0.25) is 4.68 Å². The number of aliphatic hydroxyl groups is 1. The van der Waals surface area contributed by atoms with Crippen molar-refractivity contribution >= 4 is 0 Å². The van der Waals surface area contributed by atoms with Crippen molar-refractivity contribution in [3.63, 3.8) is 0 Å². The Labute approximate surface area is 88.0 Å². The molecule has 15 heavy (non-hydrogen) atoms. The molecular weight excluding hydrogens is 192 g/mol. The van der Waals surface area contributed by atoms with Gasteiger partial charge in [-0.15, -0.1) is 0 Å². The van der Waals surface area contributed by atoms with Gasteiger partial charge in [0.2, 0.25) is 0 Å². The van der Waals surface area contributed by atoms with Gasteiger partial charge in [-0.2, -0.15) is 5.10 Å². The molecule has 0 aromatic carbocycles. The molecule has 0 radical (unpaired) electrons. The van der Waals surface area contributed by atoms with Gasteiger partial charge in [0.05, 0.1) is 37.6 Å².